The summed E-state index contributed by atoms with van der Waals surface area (Å²) in [4.78, 5) is 9.89. The molecule has 5 heteroatoms. The molecule has 0 N–H and O–H groups in total. The number of fused-ring (bicyclic) bond motifs is 3. The molecule has 0 saturated carbocycles. The van der Waals surface area contributed by atoms with Gasteiger partial charge in [0, 0.05) is 26.6 Å². The van der Waals surface area contributed by atoms with Crippen molar-refractivity contribution in [2.45, 2.75) is 9.79 Å². The zero-order valence-corrected chi connectivity index (χ0v) is 26.9. The molecule has 2 heterocycles. The van der Waals surface area contributed by atoms with E-state index in [2.05, 4.69) is 169 Å². The van der Waals surface area contributed by atoms with E-state index in [1.165, 1.54) is 55.1 Å². The third kappa shape index (κ3) is 5.01. The third-order valence-electron chi connectivity index (χ3n) is 8.65. The van der Waals surface area contributed by atoms with E-state index in [4.69, 9.17) is 9.36 Å². The van der Waals surface area contributed by atoms with Crippen LogP contribution in [-0.2, 0) is 0 Å². The number of benzene rings is 7. The summed E-state index contributed by atoms with van der Waals surface area (Å²) in [6.45, 7) is 0. The maximum absolute atomic E-state index is 5.15. The Kier molecular flexibility index (Phi) is 6.92. The van der Waals surface area contributed by atoms with Gasteiger partial charge in [0.05, 0.1) is 11.4 Å². The molecule has 0 radical (unpaired) electrons. The summed E-state index contributed by atoms with van der Waals surface area (Å²) in [5.74, 6) is 0.753. The van der Waals surface area contributed by atoms with Gasteiger partial charge in [0.25, 0.3) is 0 Å². The molecule has 0 atom stereocenters. The number of anilines is 3. The predicted molar refractivity (Wildman–Crippen MR) is 198 cm³/mol. The van der Waals surface area contributed by atoms with E-state index < -0.39 is 0 Å². The molecule has 9 rings (SSSR count). The molecule has 0 aliphatic carbocycles. The maximum atomic E-state index is 5.15. The molecule has 1 aromatic heterocycles. The van der Waals surface area contributed by atoms with Crippen molar-refractivity contribution >= 4 is 51.1 Å². The van der Waals surface area contributed by atoms with E-state index in [0.717, 1.165) is 38.2 Å². The number of aromatic nitrogens is 2. The van der Waals surface area contributed by atoms with E-state index in [1.807, 2.05) is 0 Å². The summed E-state index contributed by atoms with van der Waals surface area (Å²) in [7, 11) is 0. The molecular formula is C42H27N3S2. The number of hydrogen-bond acceptors (Lipinski definition) is 5. The van der Waals surface area contributed by atoms with Crippen LogP contribution in [0, 0.1) is 0 Å². The lowest BCUT2D eigenvalue weighted by atomic mass is 9.97. The minimum atomic E-state index is 0.753. The van der Waals surface area contributed by atoms with Crippen molar-refractivity contribution < 1.29 is 0 Å². The molecule has 0 spiro atoms. The first-order chi connectivity index (χ1) is 23.3. The Balaban J connectivity index is 1.14. The Morgan fingerprint density at radius 3 is 2.06 bits per heavy atom. The molecule has 47 heavy (non-hydrogen) atoms. The summed E-state index contributed by atoms with van der Waals surface area (Å²) in [5, 5.41) is 3.34. The summed E-state index contributed by atoms with van der Waals surface area (Å²) in [5.41, 5.74) is 10.4. The lowest BCUT2D eigenvalue weighted by Crippen LogP contribution is -2.15. The van der Waals surface area contributed by atoms with Gasteiger partial charge in [-0.3, -0.25) is 0 Å². The number of para-hydroxylation sites is 1. The molecule has 0 bridgehead atoms. The lowest BCUT2D eigenvalue weighted by molar-refractivity contribution is 1.16. The second kappa shape index (κ2) is 11.7. The highest BCUT2D eigenvalue weighted by molar-refractivity contribution is 8.00. The van der Waals surface area contributed by atoms with Gasteiger partial charge in [-0.15, -0.1) is 0 Å². The largest absolute Gasteiger partial charge is 0.308 e. The van der Waals surface area contributed by atoms with Crippen LogP contribution < -0.4 is 4.90 Å². The van der Waals surface area contributed by atoms with Gasteiger partial charge in [-0.1, -0.05) is 133 Å². The topological polar surface area (TPSA) is 29.0 Å². The van der Waals surface area contributed by atoms with Gasteiger partial charge >= 0.3 is 0 Å². The standard InChI is InChI=1S/C42H27N3S2/c1-3-12-28(13-4-1)31-17-9-18-33(26-31)45-37-21-7-8-23-39(37)46-40-35(20-11-22-38(40)45)41-43-42(47-44-41)32-25-24-30-16-10-19-34(36(30)27-32)29-14-5-2-6-15-29/h1-27H. The van der Waals surface area contributed by atoms with Crippen molar-refractivity contribution in [3.8, 4) is 44.2 Å². The first-order valence-corrected chi connectivity index (χ1v) is 17.2. The van der Waals surface area contributed by atoms with Crippen LogP contribution >= 0.6 is 23.3 Å². The maximum Gasteiger partial charge on any atom is 0.174 e. The van der Waals surface area contributed by atoms with Crippen LogP contribution in [0.3, 0.4) is 0 Å². The van der Waals surface area contributed by atoms with E-state index in [0.29, 0.717) is 0 Å². The minimum absolute atomic E-state index is 0.753. The molecule has 222 valence electrons. The molecular weight excluding hydrogens is 611 g/mol. The van der Waals surface area contributed by atoms with Crippen molar-refractivity contribution in [3.63, 3.8) is 0 Å². The molecule has 0 fully saturated rings. The van der Waals surface area contributed by atoms with Crippen LogP contribution in [0.2, 0.25) is 0 Å². The predicted octanol–water partition coefficient (Wildman–Crippen LogP) is 12.3. The molecule has 0 saturated heterocycles. The van der Waals surface area contributed by atoms with Gasteiger partial charge in [0.1, 0.15) is 5.01 Å². The fourth-order valence-electron chi connectivity index (χ4n) is 6.41. The van der Waals surface area contributed by atoms with Gasteiger partial charge in [0.2, 0.25) is 0 Å². The van der Waals surface area contributed by atoms with Gasteiger partial charge in [-0.25, -0.2) is 4.98 Å². The first-order valence-electron chi connectivity index (χ1n) is 15.6. The van der Waals surface area contributed by atoms with E-state index in [9.17, 15) is 0 Å². The van der Waals surface area contributed by atoms with Crippen LogP contribution in [0.5, 0.6) is 0 Å². The van der Waals surface area contributed by atoms with Gasteiger partial charge in [-0.2, -0.15) is 4.37 Å². The molecule has 1 aliphatic rings. The van der Waals surface area contributed by atoms with Gasteiger partial charge in [0.15, 0.2) is 5.82 Å². The van der Waals surface area contributed by atoms with Crippen LogP contribution in [0.4, 0.5) is 17.1 Å². The highest BCUT2D eigenvalue weighted by Gasteiger charge is 2.28. The Morgan fingerprint density at radius 1 is 0.489 bits per heavy atom. The fraction of sp³-hybridized carbons (Fsp3) is 0. The molecule has 3 nitrogen and oxygen atoms in total. The van der Waals surface area contributed by atoms with Crippen LogP contribution in [-0.4, -0.2) is 9.36 Å². The van der Waals surface area contributed by atoms with Gasteiger partial charge in [-0.05, 0) is 87.0 Å². The summed E-state index contributed by atoms with van der Waals surface area (Å²) < 4.78 is 4.94. The van der Waals surface area contributed by atoms with Crippen molar-refractivity contribution in [1.29, 1.82) is 0 Å². The van der Waals surface area contributed by atoms with Crippen LogP contribution in [0.1, 0.15) is 0 Å². The molecule has 1 aliphatic heterocycles. The third-order valence-corrected chi connectivity index (χ3v) is 10.6. The lowest BCUT2D eigenvalue weighted by Gasteiger charge is -2.33. The highest BCUT2D eigenvalue weighted by Crippen LogP contribution is 2.54. The monoisotopic (exact) mass is 637 g/mol. The molecule has 0 amide bonds. The van der Waals surface area contributed by atoms with Crippen LogP contribution in [0.25, 0.3) is 55.0 Å². The van der Waals surface area contributed by atoms with Crippen molar-refractivity contribution in [2.24, 2.45) is 0 Å². The Hall–Kier alpha value is -5.49. The van der Waals surface area contributed by atoms with E-state index >= 15 is 0 Å². The van der Waals surface area contributed by atoms with Crippen molar-refractivity contribution in [2.75, 3.05) is 4.90 Å². The smallest absolute Gasteiger partial charge is 0.174 e. The first kappa shape index (κ1) is 27.8. The molecule has 8 aromatic rings. The fourth-order valence-corrected chi connectivity index (χ4v) is 8.25. The van der Waals surface area contributed by atoms with E-state index in [-0.39, 0.29) is 0 Å². The number of rotatable bonds is 5. The van der Waals surface area contributed by atoms with Gasteiger partial charge < -0.3 is 4.90 Å². The zero-order valence-electron chi connectivity index (χ0n) is 25.2. The summed E-state index contributed by atoms with van der Waals surface area (Å²) in [6.07, 6.45) is 0. The highest BCUT2D eigenvalue weighted by atomic mass is 32.2. The zero-order chi connectivity index (χ0) is 31.2. The average molecular weight is 638 g/mol. The second-order valence-electron chi connectivity index (χ2n) is 11.5. The van der Waals surface area contributed by atoms with Crippen molar-refractivity contribution in [1.82, 2.24) is 9.36 Å². The SMILES string of the molecule is c1ccc(-c2cccc(N3c4ccccc4Sc4c(-c5nsc(-c6ccc7cccc(-c8ccccc8)c7c6)n5)cccc43)c2)cc1. The summed E-state index contributed by atoms with van der Waals surface area (Å²) >= 11 is 3.25. The minimum Gasteiger partial charge on any atom is -0.308 e. The Labute approximate surface area is 282 Å². The summed E-state index contributed by atoms with van der Waals surface area (Å²) in [6, 6.07) is 58.1. The van der Waals surface area contributed by atoms with Crippen LogP contribution in [0.15, 0.2) is 174 Å². The second-order valence-corrected chi connectivity index (χ2v) is 13.3. The normalized spacial score (nSPS) is 12.1. The number of nitrogens with zero attached hydrogens (tertiary/aromatic N) is 3. The Morgan fingerprint density at radius 2 is 1.19 bits per heavy atom. The molecule has 7 aromatic carbocycles. The number of hydrogen-bond donors (Lipinski definition) is 0. The molecule has 0 unspecified atom stereocenters. The quantitative estimate of drug-likeness (QED) is 0.188. The Bertz CT molecular complexity index is 2400. The van der Waals surface area contributed by atoms with Crippen molar-refractivity contribution in [3.05, 3.63) is 164 Å². The van der Waals surface area contributed by atoms with E-state index in [1.54, 1.807) is 11.8 Å². The average Bonchev–Trinajstić information content (AvgIpc) is 3.64.